The highest BCUT2D eigenvalue weighted by Gasteiger charge is 2.12. The molecule has 0 aromatic heterocycles. The van der Waals surface area contributed by atoms with Crippen molar-refractivity contribution >= 4 is 11.7 Å². The molecule has 4 nitrogen and oxygen atoms in total. The molecule has 0 atom stereocenters. The summed E-state index contributed by atoms with van der Waals surface area (Å²) in [5.41, 5.74) is 12.1. The van der Waals surface area contributed by atoms with Crippen molar-refractivity contribution in [2.75, 3.05) is 12.3 Å². The molecule has 1 aromatic rings. The number of anilines is 1. The van der Waals surface area contributed by atoms with Gasteiger partial charge < -0.3 is 16.2 Å². The van der Waals surface area contributed by atoms with Gasteiger partial charge in [-0.2, -0.15) is 0 Å². The predicted octanol–water partition coefficient (Wildman–Crippen LogP) is 1.55. The van der Waals surface area contributed by atoms with E-state index in [2.05, 4.69) is 0 Å². The lowest BCUT2D eigenvalue weighted by Gasteiger charge is -2.17. The van der Waals surface area contributed by atoms with Crippen molar-refractivity contribution in [1.82, 2.24) is 0 Å². The van der Waals surface area contributed by atoms with E-state index >= 15 is 0 Å². The van der Waals surface area contributed by atoms with Crippen LogP contribution in [0, 0.1) is 0 Å². The molecule has 0 aliphatic carbocycles. The predicted molar refractivity (Wildman–Crippen MR) is 64.0 cm³/mol. The molecule has 0 saturated carbocycles. The maximum absolute atomic E-state index is 11.5. The zero-order valence-electron chi connectivity index (χ0n) is 9.69. The van der Waals surface area contributed by atoms with E-state index in [0.29, 0.717) is 24.3 Å². The average molecular weight is 222 g/mol. The molecule has 4 heteroatoms. The molecule has 0 aliphatic heterocycles. The van der Waals surface area contributed by atoms with Gasteiger partial charge in [0.2, 0.25) is 0 Å². The topological polar surface area (TPSA) is 78.3 Å². The van der Waals surface area contributed by atoms with Crippen molar-refractivity contribution in [1.29, 1.82) is 0 Å². The minimum atomic E-state index is -0.343. The van der Waals surface area contributed by atoms with E-state index in [4.69, 9.17) is 16.2 Å². The second kappa shape index (κ2) is 4.99. The first-order valence-electron chi connectivity index (χ1n) is 5.20. The number of hydrogen-bond acceptors (Lipinski definition) is 4. The Balaban J connectivity index is 2.44. The number of carbonyl (C=O) groups is 1. The van der Waals surface area contributed by atoms with Gasteiger partial charge in [-0.05, 0) is 44.5 Å². The Morgan fingerprint density at radius 2 is 1.88 bits per heavy atom. The van der Waals surface area contributed by atoms with Gasteiger partial charge in [0.25, 0.3) is 0 Å². The number of carbonyl (C=O) groups excluding carboxylic acids is 1. The Hall–Kier alpha value is -1.55. The van der Waals surface area contributed by atoms with Gasteiger partial charge in [0.05, 0.1) is 12.2 Å². The van der Waals surface area contributed by atoms with E-state index in [1.807, 2.05) is 13.8 Å². The molecule has 1 aromatic carbocycles. The van der Waals surface area contributed by atoms with Crippen LogP contribution in [0.5, 0.6) is 0 Å². The number of hydrogen-bond donors (Lipinski definition) is 2. The van der Waals surface area contributed by atoms with Crippen LogP contribution < -0.4 is 11.5 Å². The summed E-state index contributed by atoms with van der Waals surface area (Å²) < 4.78 is 5.08. The Morgan fingerprint density at radius 3 is 2.38 bits per heavy atom. The van der Waals surface area contributed by atoms with Gasteiger partial charge in [-0.3, -0.25) is 0 Å². The van der Waals surface area contributed by atoms with Crippen LogP contribution in [0.25, 0.3) is 0 Å². The maximum atomic E-state index is 11.5. The van der Waals surface area contributed by atoms with Gasteiger partial charge in [0.15, 0.2) is 0 Å². The summed E-state index contributed by atoms with van der Waals surface area (Å²) in [4.78, 5) is 11.5. The van der Waals surface area contributed by atoms with Crippen molar-refractivity contribution < 1.29 is 9.53 Å². The molecule has 0 spiro atoms. The number of benzene rings is 1. The summed E-state index contributed by atoms with van der Waals surface area (Å²) in [5.74, 6) is -0.343. The Morgan fingerprint density at radius 1 is 1.31 bits per heavy atom. The van der Waals surface area contributed by atoms with Crippen molar-refractivity contribution in [3.05, 3.63) is 29.8 Å². The summed E-state index contributed by atoms with van der Waals surface area (Å²) in [5, 5.41) is 0. The van der Waals surface area contributed by atoms with Crippen LogP contribution in [-0.2, 0) is 4.74 Å². The Bertz CT molecular complexity index is 352. The maximum Gasteiger partial charge on any atom is 0.338 e. The number of nitrogens with two attached hydrogens (primary N) is 2. The zero-order valence-corrected chi connectivity index (χ0v) is 9.69. The normalized spacial score (nSPS) is 11.2. The molecule has 0 bridgehead atoms. The largest absolute Gasteiger partial charge is 0.462 e. The van der Waals surface area contributed by atoms with E-state index in [1.165, 1.54) is 0 Å². The molecule has 88 valence electrons. The molecule has 0 saturated heterocycles. The van der Waals surface area contributed by atoms with Crippen LogP contribution in [0.4, 0.5) is 5.69 Å². The second-order valence-electron chi connectivity index (χ2n) is 4.50. The third-order valence-electron chi connectivity index (χ3n) is 2.13. The van der Waals surface area contributed by atoms with Crippen LogP contribution in [0.3, 0.4) is 0 Å². The minimum absolute atomic E-state index is 0.318. The van der Waals surface area contributed by atoms with E-state index in [-0.39, 0.29) is 11.5 Å². The van der Waals surface area contributed by atoms with Gasteiger partial charge in [0.1, 0.15) is 0 Å². The summed E-state index contributed by atoms with van der Waals surface area (Å²) in [6.45, 7) is 4.11. The third-order valence-corrected chi connectivity index (χ3v) is 2.13. The van der Waals surface area contributed by atoms with Crippen LogP contribution in [-0.4, -0.2) is 18.1 Å². The van der Waals surface area contributed by atoms with E-state index < -0.39 is 0 Å². The lowest BCUT2D eigenvalue weighted by molar-refractivity contribution is 0.0482. The molecular formula is C12H18N2O2. The van der Waals surface area contributed by atoms with Gasteiger partial charge in [-0.25, -0.2) is 4.79 Å². The number of esters is 1. The molecule has 4 N–H and O–H groups in total. The lowest BCUT2D eigenvalue weighted by Crippen LogP contribution is -2.33. The summed E-state index contributed by atoms with van der Waals surface area (Å²) in [6.07, 6.45) is 0.633. The van der Waals surface area contributed by atoms with Crippen molar-refractivity contribution in [2.45, 2.75) is 25.8 Å². The molecule has 0 amide bonds. The second-order valence-corrected chi connectivity index (χ2v) is 4.50. The first kappa shape index (κ1) is 12.5. The first-order valence-corrected chi connectivity index (χ1v) is 5.20. The highest BCUT2D eigenvalue weighted by atomic mass is 16.5. The number of rotatable bonds is 4. The monoisotopic (exact) mass is 222 g/mol. The molecule has 0 radical (unpaired) electrons. The summed E-state index contributed by atoms with van der Waals surface area (Å²) >= 11 is 0. The van der Waals surface area contributed by atoms with Crippen LogP contribution in [0.2, 0.25) is 0 Å². The fraction of sp³-hybridized carbons (Fsp3) is 0.417. The lowest BCUT2D eigenvalue weighted by atomic mass is 10.0. The van der Waals surface area contributed by atoms with Crippen molar-refractivity contribution in [3.63, 3.8) is 0 Å². The Labute approximate surface area is 95.6 Å². The van der Waals surface area contributed by atoms with Gasteiger partial charge in [0, 0.05) is 11.2 Å². The zero-order chi connectivity index (χ0) is 12.2. The van der Waals surface area contributed by atoms with Crippen LogP contribution in [0.1, 0.15) is 30.6 Å². The summed E-state index contributed by atoms with van der Waals surface area (Å²) in [6, 6.07) is 6.63. The van der Waals surface area contributed by atoms with E-state index in [0.717, 1.165) is 0 Å². The van der Waals surface area contributed by atoms with Gasteiger partial charge >= 0.3 is 5.97 Å². The molecule has 1 rings (SSSR count). The van der Waals surface area contributed by atoms with Crippen LogP contribution in [0.15, 0.2) is 24.3 Å². The Kier molecular flexibility index (Phi) is 3.90. The van der Waals surface area contributed by atoms with Crippen LogP contribution >= 0.6 is 0 Å². The van der Waals surface area contributed by atoms with Crippen molar-refractivity contribution in [3.8, 4) is 0 Å². The quantitative estimate of drug-likeness (QED) is 0.598. The SMILES string of the molecule is CC(C)(N)CCOC(=O)c1ccc(N)cc1. The molecule has 0 unspecified atom stereocenters. The molecular weight excluding hydrogens is 204 g/mol. The molecule has 0 fully saturated rings. The smallest absolute Gasteiger partial charge is 0.338 e. The minimum Gasteiger partial charge on any atom is -0.462 e. The summed E-state index contributed by atoms with van der Waals surface area (Å²) in [7, 11) is 0. The fourth-order valence-corrected chi connectivity index (χ4v) is 1.11. The van der Waals surface area contributed by atoms with E-state index in [1.54, 1.807) is 24.3 Å². The highest BCUT2D eigenvalue weighted by Crippen LogP contribution is 2.08. The molecule has 0 aliphatic rings. The number of ether oxygens (including phenoxy) is 1. The highest BCUT2D eigenvalue weighted by molar-refractivity contribution is 5.89. The average Bonchev–Trinajstić information content (AvgIpc) is 2.16. The third kappa shape index (κ3) is 4.31. The molecule has 16 heavy (non-hydrogen) atoms. The standard InChI is InChI=1S/C12H18N2O2/c1-12(2,14)7-8-16-11(15)9-3-5-10(13)6-4-9/h3-6H,7-8,13-14H2,1-2H3. The van der Waals surface area contributed by atoms with Gasteiger partial charge in [-0.1, -0.05) is 0 Å². The van der Waals surface area contributed by atoms with Gasteiger partial charge in [-0.15, -0.1) is 0 Å². The fourth-order valence-electron chi connectivity index (χ4n) is 1.11. The molecule has 0 heterocycles. The van der Waals surface area contributed by atoms with E-state index in [9.17, 15) is 4.79 Å². The van der Waals surface area contributed by atoms with Crippen molar-refractivity contribution in [2.24, 2.45) is 5.73 Å². The first-order chi connectivity index (χ1) is 7.38. The number of nitrogen functional groups attached to an aromatic ring is 1.